The number of halogens is 2. The predicted octanol–water partition coefficient (Wildman–Crippen LogP) is 3.36. The van der Waals surface area contributed by atoms with Crippen molar-refractivity contribution in [1.29, 1.82) is 0 Å². The average molecular weight is 404 g/mol. The summed E-state index contributed by atoms with van der Waals surface area (Å²) in [6.45, 7) is 0. The molecule has 2 unspecified atom stereocenters. The third-order valence-electron chi connectivity index (χ3n) is 2.92. The molecule has 5 nitrogen and oxygen atoms in total. The molecule has 0 heterocycles. The normalized spacial score (nSPS) is 20.7. The van der Waals surface area contributed by atoms with Gasteiger partial charge in [-0.15, -0.1) is 0 Å². The van der Waals surface area contributed by atoms with E-state index in [0.29, 0.717) is 12.1 Å². The van der Waals surface area contributed by atoms with Crippen LogP contribution in [-0.4, -0.2) is 23.1 Å². The van der Waals surface area contributed by atoms with Gasteiger partial charge in [0.2, 0.25) is 0 Å². The molecule has 3 N–H and O–H groups in total. The summed E-state index contributed by atoms with van der Waals surface area (Å²) >= 11 is 6.71. The van der Waals surface area contributed by atoms with Gasteiger partial charge in [0.25, 0.3) is 0 Å². The first-order valence-corrected chi connectivity index (χ1v) is 7.48. The Morgan fingerprint density at radius 1 is 1.20 bits per heavy atom. The Labute approximate surface area is 132 Å². The molecule has 7 heteroatoms. The lowest BCUT2D eigenvalue weighted by atomic mass is 10.1. The minimum absolute atomic E-state index is 0.266. The maximum Gasteiger partial charge on any atom is 0.319 e. The lowest BCUT2D eigenvalue weighted by Gasteiger charge is -2.14. The van der Waals surface area contributed by atoms with Crippen molar-refractivity contribution in [1.82, 2.24) is 5.32 Å². The first-order valence-electron chi connectivity index (χ1n) is 5.90. The van der Waals surface area contributed by atoms with E-state index in [0.717, 1.165) is 8.95 Å². The number of hydrogen-bond donors (Lipinski definition) is 3. The summed E-state index contributed by atoms with van der Waals surface area (Å²) in [6, 6.07) is 4.83. The number of carbonyl (C=O) groups is 2. The number of hydrogen-bond acceptors (Lipinski definition) is 2. The standard InChI is InChI=1S/C13H12Br2N2O3/c14-9-2-1-3-10(15)11(9)17-13(20)16-8-5-4-7(6-8)12(18)19/h1-5,7-8H,6H2,(H,18,19)(H2,16,17,20). The van der Waals surface area contributed by atoms with Crippen LogP contribution in [0.4, 0.5) is 10.5 Å². The second kappa shape index (κ2) is 6.41. The van der Waals surface area contributed by atoms with Crippen molar-refractivity contribution in [2.24, 2.45) is 5.92 Å². The van der Waals surface area contributed by atoms with Gasteiger partial charge < -0.3 is 15.7 Å². The molecule has 20 heavy (non-hydrogen) atoms. The van der Waals surface area contributed by atoms with E-state index in [1.807, 2.05) is 18.2 Å². The molecule has 0 spiro atoms. The molecule has 0 fully saturated rings. The molecule has 1 aliphatic carbocycles. The Kier molecular flexibility index (Phi) is 4.82. The van der Waals surface area contributed by atoms with Crippen LogP contribution in [0.2, 0.25) is 0 Å². The molecule has 1 aliphatic rings. The predicted molar refractivity (Wildman–Crippen MR) is 82.7 cm³/mol. The number of benzene rings is 1. The van der Waals surface area contributed by atoms with Crippen LogP contribution in [0.5, 0.6) is 0 Å². The number of carboxylic acids is 1. The summed E-state index contributed by atoms with van der Waals surface area (Å²) in [4.78, 5) is 22.7. The zero-order valence-electron chi connectivity index (χ0n) is 10.3. The van der Waals surface area contributed by atoms with Crippen LogP contribution in [0.1, 0.15) is 6.42 Å². The molecule has 0 bridgehead atoms. The zero-order chi connectivity index (χ0) is 14.7. The van der Waals surface area contributed by atoms with Crippen molar-refractivity contribution in [3.05, 3.63) is 39.3 Å². The van der Waals surface area contributed by atoms with Crippen molar-refractivity contribution in [3.8, 4) is 0 Å². The average Bonchev–Trinajstić information content (AvgIpc) is 2.82. The van der Waals surface area contributed by atoms with Gasteiger partial charge in [-0.2, -0.15) is 0 Å². The number of carboxylic acid groups (broad SMARTS) is 1. The van der Waals surface area contributed by atoms with Gasteiger partial charge in [0.05, 0.1) is 17.6 Å². The Balaban J connectivity index is 1.94. The molecule has 0 aromatic heterocycles. The van der Waals surface area contributed by atoms with Crippen LogP contribution in [0.15, 0.2) is 39.3 Å². The third kappa shape index (κ3) is 3.61. The third-order valence-corrected chi connectivity index (χ3v) is 4.24. The first kappa shape index (κ1) is 15.1. The van der Waals surface area contributed by atoms with Crippen LogP contribution in [0, 0.1) is 5.92 Å². The highest BCUT2D eigenvalue weighted by molar-refractivity contribution is 9.11. The van der Waals surface area contributed by atoms with Gasteiger partial charge in [-0.3, -0.25) is 4.79 Å². The molecule has 106 valence electrons. The highest BCUT2D eigenvalue weighted by atomic mass is 79.9. The molecule has 0 saturated heterocycles. The molecular weight excluding hydrogens is 392 g/mol. The Hall–Kier alpha value is -1.34. The molecule has 0 aliphatic heterocycles. The van der Waals surface area contributed by atoms with E-state index in [9.17, 15) is 9.59 Å². The van der Waals surface area contributed by atoms with Gasteiger partial charge in [0.15, 0.2) is 0 Å². The van der Waals surface area contributed by atoms with Gasteiger partial charge >= 0.3 is 12.0 Å². The fourth-order valence-corrected chi connectivity index (χ4v) is 3.12. The molecule has 2 amide bonds. The zero-order valence-corrected chi connectivity index (χ0v) is 13.4. The number of para-hydroxylation sites is 1. The van der Waals surface area contributed by atoms with Crippen molar-refractivity contribution in [3.63, 3.8) is 0 Å². The Morgan fingerprint density at radius 2 is 1.85 bits per heavy atom. The molecule has 2 rings (SSSR count). The molecule has 1 aromatic rings. The summed E-state index contributed by atoms with van der Waals surface area (Å²) in [5, 5.41) is 14.3. The number of amides is 2. The smallest absolute Gasteiger partial charge is 0.319 e. The number of rotatable bonds is 3. The second-order valence-corrected chi connectivity index (χ2v) is 6.08. The van der Waals surface area contributed by atoms with Gasteiger partial charge in [0, 0.05) is 8.95 Å². The van der Waals surface area contributed by atoms with E-state index >= 15 is 0 Å². The summed E-state index contributed by atoms with van der Waals surface area (Å²) in [6.07, 6.45) is 3.68. The van der Waals surface area contributed by atoms with Crippen molar-refractivity contribution >= 4 is 49.5 Å². The fourth-order valence-electron chi connectivity index (χ4n) is 1.92. The summed E-state index contributed by atoms with van der Waals surface area (Å²) in [7, 11) is 0. The monoisotopic (exact) mass is 402 g/mol. The van der Waals surface area contributed by atoms with Crippen LogP contribution in [0.25, 0.3) is 0 Å². The van der Waals surface area contributed by atoms with E-state index in [-0.39, 0.29) is 12.1 Å². The number of urea groups is 1. The fraction of sp³-hybridized carbons (Fsp3) is 0.231. The van der Waals surface area contributed by atoms with Gasteiger partial charge in [-0.1, -0.05) is 18.2 Å². The number of anilines is 1. The number of nitrogens with one attached hydrogen (secondary N) is 2. The Morgan fingerprint density at radius 3 is 2.40 bits per heavy atom. The van der Waals surface area contributed by atoms with Crippen molar-refractivity contribution in [2.45, 2.75) is 12.5 Å². The SMILES string of the molecule is O=C(Nc1c(Br)cccc1Br)NC1C=CC(C(=O)O)C1. The van der Waals surface area contributed by atoms with Crippen LogP contribution >= 0.6 is 31.9 Å². The molecule has 0 saturated carbocycles. The number of carbonyl (C=O) groups excluding carboxylic acids is 1. The molecule has 2 atom stereocenters. The summed E-state index contributed by atoms with van der Waals surface area (Å²) in [5.41, 5.74) is 0.627. The van der Waals surface area contributed by atoms with E-state index in [2.05, 4.69) is 42.5 Å². The van der Waals surface area contributed by atoms with Gasteiger partial charge in [-0.25, -0.2) is 4.79 Å². The van der Waals surface area contributed by atoms with Gasteiger partial charge in [-0.05, 0) is 50.4 Å². The highest BCUT2D eigenvalue weighted by Crippen LogP contribution is 2.30. The van der Waals surface area contributed by atoms with E-state index in [4.69, 9.17) is 5.11 Å². The summed E-state index contributed by atoms with van der Waals surface area (Å²) < 4.78 is 1.51. The van der Waals surface area contributed by atoms with Crippen molar-refractivity contribution in [2.75, 3.05) is 5.32 Å². The molecule has 0 radical (unpaired) electrons. The van der Waals surface area contributed by atoms with Gasteiger partial charge in [0.1, 0.15) is 0 Å². The number of aliphatic carboxylic acids is 1. The second-order valence-electron chi connectivity index (χ2n) is 4.37. The van der Waals surface area contributed by atoms with E-state index in [1.54, 1.807) is 12.2 Å². The quantitative estimate of drug-likeness (QED) is 0.677. The molecule has 1 aromatic carbocycles. The van der Waals surface area contributed by atoms with E-state index < -0.39 is 11.9 Å². The van der Waals surface area contributed by atoms with Crippen LogP contribution < -0.4 is 10.6 Å². The minimum Gasteiger partial charge on any atom is -0.481 e. The summed E-state index contributed by atoms with van der Waals surface area (Å²) in [5.74, 6) is -1.41. The van der Waals surface area contributed by atoms with Crippen molar-refractivity contribution < 1.29 is 14.7 Å². The maximum absolute atomic E-state index is 11.9. The minimum atomic E-state index is -0.875. The van der Waals surface area contributed by atoms with Crippen LogP contribution in [0.3, 0.4) is 0 Å². The first-order chi connectivity index (χ1) is 9.47. The van der Waals surface area contributed by atoms with Crippen LogP contribution in [-0.2, 0) is 4.79 Å². The van der Waals surface area contributed by atoms with E-state index in [1.165, 1.54) is 0 Å². The topological polar surface area (TPSA) is 78.4 Å². The highest BCUT2D eigenvalue weighted by Gasteiger charge is 2.25. The lowest BCUT2D eigenvalue weighted by molar-refractivity contribution is -0.140. The maximum atomic E-state index is 11.9. The Bertz CT molecular complexity index is 554. The lowest BCUT2D eigenvalue weighted by Crippen LogP contribution is -2.36. The largest absolute Gasteiger partial charge is 0.481 e. The molecular formula is C13H12Br2N2O3.